The molecule has 2 rings (SSSR count). The van der Waals surface area contributed by atoms with Gasteiger partial charge in [0.2, 0.25) is 0 Å². The predicted molar refractivity (Wildman–Crippen MR) is 74.4 cm³/mol. The first-order valence-corrected chi connectivity index (χ1v) is 7.05. The van der Waals surface area contributed by atoms with E-state index in [-0.39, 0.29) is 6.54 Å². The van der Waals surface area contributed by atoms with Crippen LogP contribution in [0.5, 0.6) is 0 Å². The smallest absolute Gasteiger partial charge is 0.329 e. The molecule has 8 nitrogen and oxygen atoms in total. The monoisotopic (exact) mass is 295 g/mol. The van der Waals surface area contributed by atoms with Crippen LogP contribution in [0.3, 0.4) is 0 Å². The lowest BCUT2D eigenvalue weighted by Crippen LogP contribution is -2.58. The highest BCUT2D eigenvalue weighted by Gasteiger charge is 2.42. The molecule has 0 radical (unpaired) electrons. The molecule has 116 valence electrons. The van der Waals surface area contributed by atoms with E-state index in [4.69, 9.17) is 0 Å². The van der Waals surface area contributed by atoms with Gasteiger partial charge in [-0.1, -0.05) is 6.92 Å². The van der Waals surface area contributed by atoms with Crippen molar-refractivity contribution in [2.24, 2.45) is 13.0 Å². The highest BCUT2D eigenvalue weighted by Crippen LogP contribution is 2.32. The molecule has 0 spiro atoms. The molecule has 21 heavy (non-hydrogen) atoms. The third kappa shape index (κ3) is 3.71. The Morgan fingerprint density at radius 1 is 1.48 bits per heavy atom. The van der Waals surface area contributed by atoms with E-state index in [9.17, 15) is 14.7 Å². The van der Waals surface area contributed by atoms with E-state index in [0.29, 0.717) is 24.6 Å². The number of carboxylic acid groups (broad SMARTS) is 1. The second kappa shape index (κ2) is 6.11. The van der Waals surface area contributed by atoms with Crippen molar-refractivity contribution in [3.8, 4) is 0 Å². The van der Waals surface area contributed by atoms with Crippen molar-refractivity contribution in [1.29, 1.82) is 0 Å². The second-order valence-corrected chi connectivity index (χ2v) is 5.71. The number of nitrogens with zero attached hydrogens (tertiary/aromatic N) is 3. The Morgan fingerprint density at radius 3 is 2.67 bits per heavy atom. The molecule has 1 heterocycles. The van der Waals surface area contributed by atoms with Crippen LogP contribution in [0.4, 0.5) is 4.79 Å². The van der Waals surface area contributed by atoms with Gasteiger partial charge in [0, 0.05) is 7.05 Å². The van der Waals surface area contributed by atoms with Crippen LogP contribution in [0.1, 0.15) is 38.4 Å². The van der Waals surface area contributed by atoms with Gasteiger partial charge < -0.3 is 15.7 Å². The van der Waals surface area contributed by atoms with Crippen molar-refractivity contribution in [2.45, 2.75) is 44.7 Å². The van der Waals surface area contributed by atoms with Crippen molar-refractivity contribution >= 4 is 12.0 Å². The van der Waals surface area contributed by atoms with Crippen LogP contribution >= 0.6 is 0 Å². The van der Waals surface area contributed by atoms with Gasteiger partial charge in [0.15, 0.2) is 5.82 Å². The summed E-state index contributed by atoms with van der Waals surface area (Å²) in [4.78, 5) is 27.5. The standard InChI is InChI=1S/C13H21N5O3/c1-9-3-5-13(6-4-9,11(19)20)16-12(21)14-7-10-15-8-18(2)17-10/h8-9H,3-7H2,1-2H3,(H,19,20)(H2,14,16,21). The minimum atomic E-state index is -1.16. The number of aromatic nitrogens is 3. The van der Waals surface area contributed by atoms with Crippen molar-refractivity contribution < 1.29 is 14.7 Å². The number of carbonyl (C=O) groups excluding carboxylic acids is 1. The molecule has 1 fully saturated rings. The Bertz CT molecular complexity index is 520. The van der Waals surface area contributed by atoms with Crippen LogP contribution in [0.25, 0.3) is 0 Å². The van der Waals surface area contributed by atoms with Gasteiger partial charge in [-0.3, -0.25) is 4.68 Å². The molecule has 2 amide bonds. The quantitative estimate of drug-likeness (QED) is 0.755. The predicted octanol–water partition coefficient (Wildman–Crippen LogP) is 0.648. The summed E-state index contributed by atoms with van der Waals surface area (Å²) < 4.78 is 1.54. The molecule has 0 saturated heterocycles. The van der Waals surface area contributed by atoms with Gasteiger partial charge in [-0.15, -0.1) is 0 Å². The molecule has 1 aliphatic carbocycles. The molecule has 8 heteroatoms. The summed E-state index contributed by atoms with van der Waals surface area (Å²) in [6.45, 7) is 2.26. The fourth-order valence-corrected chi connectivity index (χ4v) is 2.53. The van der Waals surface area contributed by atoms with E-state index in [1.54, 1.807) is 7.05 Å². The average molecular weight is 295 g/mol. The number of aliphatic carboxylic acids is 1. The number of urea groups is 1. The molecular weight excluding hydrogens is 274 g/mol. The van der Waals surface area contributed by atoms with E-state index < -0.39 is 17.5 Å². The molecule has 0 aliphatic heterocycles. The lowest BCUT2D eigenvalue weighted by atomic mass is 9.77. The highest BCUT2D eigenvalue weighted by molar-refractivity contribution is 5.86. The second-order valence-electron chi connectivity index (χ2n) is 5.71. The van der Waals surface area contributed by atoms with Gasteiger partial charge in [-0.05, 0) is 31.6 Å². The lowest BCUT2D eigenvalue weighted by molar-refractivity contribution is -0.146. The molecule has 0 bridgehead atoms. The third-order valence-electron chi connectivity index (χ3n) is 3.94. The number of amides is 2. The van der Waals surface area contributed by atoms with Crippen LogP contribution in [0, 0.1) is 5.92 Å². The molecule has 0 unspecified atom stereocenters. The van der Waals surface area contributed by atoms with Gasteiger partial charge in [0.05, 0.1) is 6.54 Å². The van der Waals surface area contributed by atoms with E-state index >= 15 is 0 Å². The maximum absolute atomic E-state index is 11.9. The molecule has 1 aromatic rings. The van der Waals surface area contributed by atoms with Gasteiger partial charge in [-0.2, -0.15) is 5.10 Å². The summed E-state index contributed by atoms with van der Waals surface area (Å²) in [6, 6.07) is -0.501. The summed E-state index contributed by atoms with van der Waals surface area (Å²) in [5.41, 5.74) is -1.16. The van der Waals surface area contributed by atoms with Crippen molar-refractivity contribution in [3.05, 3.63) is 12.2 Å². The zero-order valence-electron chi connectivity index (χ0n) is 12.3. The van der Waals surface area contributed by atoms with Crippen molar-refractivity contribution in [2.75, 3.05) is 0 Å². The van der Waals surface area contributed by atoms with E-state index in [0.717, 1.165) is 12.8 Å². The van der Waals surface area contributed by atoms with Gasteiger partial charge in [0.25, 0.3) is 0 Å². The summed E-state index contributed by atoms with van der Waals surface area (Å²) in [5.74, 6) is 0.00913. The molecular formula is C13H21N5O3. The molecule has 0 aromatic carbocycles. The number of hydrogen-bond acceptors (Lipinski definition) is 4. The van der Waals surface area contributed by atoms with Gasteiger partial charge >= 0.3 is 12.0 Å². The normalized spacial score (nSPS) is 25.3. The topological polar surface area (TPSA) is 109 Å². The number of hydrogen-bond donors (Lipinski definition) is 3. The van der Waals surface area contributed by atoms with Crippen LogP contribution in [0.15, 0.2) is 6.33 Å². The van der Waals surface area contributed by atoms with Crippen LogP contribution < -0.4 is 10.6 Å². The first kappa shape index (κ1) is 15.3. The zero-order chi connectivity index (χ0) is 15.5. The van der Waals surface area contributed by atoms with Crippen molar-refractivity contribution in [3.63, 3.8) is 0 Å². The Labute approximate surface area is 122 Å². The molecule has 1 aliphatic rings. The average Bonchev–Trinajstić information content (AvgIpc) is 2.85. The molecule has 3 N–H and O–H groups in total. The number of aryl methyl sites for hydroxylation is 1. The maximum Gasteiger partial charge on any atom is 0.329 e. The van der Waals surface area contributed by atoms with E-state index in [2.05, 4.69) is 27.6 Å². The Morgan fingerprint density at radius 2 is 2.14 bits per heavy atom. The fourth-order valence-electron chi connectivity index (χ4n) is 2.53. The zero-order valence-corrected chi connectivity index (χ0v) is 12.3. The third-order valence-corrected chi connectivity index (χ3v) is 3.94. The van der Waals surface area contributed by atoms with Gasteiger partial charge in [-0.25, -0.2) is 14.6 Å². The first-order valence-electron chi connectivity index (χ1n) is 7.05. The Hall–Kier alpha value is -2.12. The maximum atomic E-state index is 11.9. The fraction of sp³-hybridized carbons (Fsp3) is 0.692. The number of carboxylic acids is 1. The van der Waals surface area contributed by atoms with E-state index in [1.165, 1.54) is 11.0 Å². The highest BCUT2D eigenvalue weighted by atomic mass is 16.4. The Balaban J connectivity index is 1.91. The SMILES string of the molecule is CC1CCC(NC(=O)NCc2ncn(C)n2)(C(=O)O)CC1. The van der Waals surface area contributed by atoms with Crippen molar-refractivity contribution in [1.82, 2.24) is 25.4 Å². The molecule has 1 aromatic heterocycles. The molecule has 1 saturated carbocycles. The van der Waals surface area contributed by atoms with Crippen LogP contribution in [0.2, 0.25) is 0 Å². The molecule has 0 atom stereocenters. The number of rotatable bonds is 4. The lowest BCUT2D eigenvalue weighted by Gasteiger charge is -2.36. The first-order chi connectivity index (χ1) is 9.91. The summed E-state index contributed by atoms with van der Waals surface area (Å²) >= 11 is 0. The van der Waals surface area contributed by atoms with Crippen LogP contribution in [-0.2, 0) is 18.4 Å². The summed E-state index contributed by atoms with van der Waals surface area (Å²) in [6.07, 6.45) is 4.05. The van der Waals surface area contributed by atoms with Gasteiger partial charge in [0.1, 0.15) is 11.9 Å². The minimum Gasteiger partial charge on any atom is -0.480 e. The number of nitrogens with one attached hydrogen (secondary N) is 2. The largest absolute Gasteiger partial charge is 0.480 e. The number of carbonyl (C=O) groups is 2. The minimum absolute atomic E-state index is 0.165. The Kier molecular flexibility index (Phi) is 4.44. The summed E-state index contributed by atoms with van der Waals surface area (Å²) in [5, 5.41) is 18.7. The summed E-state index contributed by atoms with van der Waals surface area (Å²) in [7, 11) is 1.74. The van der Waals surface area contributed by atoms with Crippen LogP contribution in [-0.4, -0.2) is 37.4 Å². The van der Waals surface area contributed by atoms with E-state index in [1.807, 2.05) is 0 Å².